The van der Waals surface area contributed by atoms with Gasteiger partial charge in [-0.15, -0.1) is 0 Å². The molecule has 4 aromatic rings. The Hall–Kier alpha value is -3.45. The zero-order chi connectivity index (χ0) is 23.9. The first-order valence-electron chi connectivity index (χ1n) is 11.2. The van der Waals surface area contributed by atoms with Crippen molar-refractivity contribution in [1.29, 1.82) is 0 Å². The Kier molecular flexibility index (Phi) is 5.73. The first-order chi connectivity index (χ1) is 16.3. The van der Waals surface area contributed by atoms with Crippen LogP contribution in [0.15, 0.2) is 76.1 Å². The number of hydrogen-bond acceptors (Lipinski definition) is 4. The topological polar surface area (TPSA) is 50.5 Å². The third-order valence-electron chi connectivity index (χ3n) is 6.58. The van der Waals surface area contributed by atoms with E-state index in [1.54, 1.807) is 30.3 Å². The smallest absolute Gasteiger partial charge is 0.416 e. The number of likely N-dealkylation sites (tertiary alicyclic amines) is 1. The summed E-state index contributed by atoms with van der Waals surface area (Å²) in [7, 11) is 0. The maximum atomic E-state index is 12.8. The zero-order valence-corrected chi connectivity index (χ0v) is 18.3. The number of rotatable bonds is 5. The van der Waals surface area contributed by atoms with Crippen LogP contribution in [0.4, 0.5) is 13.2 Å². The van der Waals surface area contributed by atoms with E-state index in [0.717, 1.165) is 48.0 Å². The molecule has 4 nitrogen and oxygen atoms in total. The summed E-state index contributed by atoms with van der Waals surface area (Å²) in [6.45, 7) is 2.13. The van der Waals surface area contributed by atoms with Crippen LogP contribution in [0.1, 0.15) is 40.2 Å². The largest absolute Gasteiger partial charge is 0.464 e. The second-order valence-corrected chi connectivity index (χ2v) is 8.77. The Morgan fingerprint density at radius 1 is 1.00 bits per heavy atom. The molecule has 5 rings (SSSR count). The molecule has 0 amide bonds. The SMILES string of the molecule is O=C(CCN1CCC(c2ccc(C(F)(F)F)cc2)C1)c1ccc2cc3c(=O)ccoc3cc2c1. The molecule has 1 fully saturated rings. The van der Waals surface area contributed by atoms with Crippen LogP contribution in [-0.2, 0) is 6.18 Å². The van der Waals surface area contributed by atoms with Gasteiger partial charge in [0, 0.05) is 31.1 Å². The first-order valence-corrected chi connectivity index (χ1v) is 11.2. The summed E-state index contributed by atoms with van der Waals surface area (Å²) in [5, 5.41) is 2.20. The molecule has 1 unspecified atom stereocenters. The van der Waals surface area contributed by atoms with Gasteiger partial charge in [-0.3, -0.25) is 9.59 Å². The van der Waals surface area contributed by atoms with Crippen LogP contribution in [0.25, 0.3) is 21.7 Å². The Labute approximate surface area is 193 Å². The summed E-state index contributed by atoms with van der Waals surface area (Å²) in [6, 6.07) is 15.7. The van der Waals surface area contributed by atoms with E-state index >= 15 is 0 Å². The van der Waals surface area contributed by atoms with Gasteiger partial charge in [-0.1, -0.05) is 24.3 Å². The van der Waals surface area contributed by atoms with Gasteiger partial charge in [0.25, 0.3) is 0 Å². The van der Waals surface area contributed by atoms with E-state index in [1.807, 2.05) is 12.1 Å². The van der Waals surface area contributed by atoms with Crippen molar-refractivity contribution in [2.24, 2.45) is 0 Å². The molecule has 0 spiro atoms. The van der Waals surface area contributed by atoms with Crippen molar-refractivity contribution in [3.05, 3.63) is 93.8 Å². The molecule has 7 heteroatoms. The summed E-state index contributed by atoms with van der Waals surface area (Å²) >= 11 is 0. The van der Waals surface area contributed by atoms with Gasteiger partial charge in [0.2, 0.25) is 0 Å². The number of carbonyl (C=O) groups excluding carboxylic acids is 1. The molecule has 0 radical (unpaired) electrons. The predicted octanol–water partition coefficient (Wildman–Crippen LogP) is 6.03. The summed E-state index contributed by atoms with van der Waals surface area (Å²) in [4.78, 5) is 27.0. The average Bonchev–Trinajstić information content (AvgIpc) is 3.30. The Bertz CT molecular complexity index is 1420. The Morgan fingerprint density at radius 2 is 1.79 bits per heavy atom. The highest BCUT2D eigenvalue weighted by atomic mass is 19.4. The third kappa shape index (κ3) is 4.48. The molecule has 1 aliphatic heterocycles. The molecule has 0 N–H and O–H groups in total. The molecule has 3 aromatic carbocycles. The number of alkyl halides is 3. The van der Waals surface area contributed by atoms with Gasteiger partial charge in [-0.25, -0.2) is 0 Å². The van der Waals surface area contributed by atoms with Crippen LogP contribution in [0.2, 0.25) is 0 Å². The van der Waals surface area contributed by atoms with Crippen LogP contribution in [0.3, 0.4) is 0 Å². The number of ketones is 1. The lowest BCUT2D eigenvalue weighted by Crippen LogP contribution is -2.23. The molecule has 0 saturated carbocycles. The molecule has 34 heavy (non-hydrogen) atoms. The fourth-order valence-electron chi connectivity index (χ4n) is 4.66. The van der Waals surface area contributed by atoms with Gasteiger partial charge in [-0.05, 0) is 65.6 Å². The molecule has 174 valence electrons. The number of halogens is 3. The van der Waals surface area contributed by atoms with Crippen molar-refractivity contribution >= 4 is 27.5 Å². The number of fused-ring (bicyclic) bond motifs is 2. The molecule has 1 saturated heterocycles. The molecule has 0 aliphatic carbocycles. The highest BCUT2D eigenvalue weighted by molar-refractivity contribution is 6.02. The Balaban J connectivity index is 1.23. The molecule has 0 bridgehead atoms. The zero-order valence-electron chi connectivity index (χ0n) is 18.3. The highest BCUT2D eigenvalue weighted by Crippen LogP contribution is 2.32. The van der Waals surface area contributed by atoms with Gasteiger partial charge in [0.05, 0.1) is 17.2 Å². The van der Waals surface area contributed by atoms with Gasteiger partial charge in [0.1, 0.15) is 5.58 Å². The van der Waals surface area contributed by atoms with Crippen molar-refractivity contribution in [2.75, 3.05) is 19.6 Å². The fraction of sp³-hybridized carbons (Fsp3) is 0.259. The molecule has 1 aliphatic rings. The summed E-state index contributed by atoms with van der Waals surface area (Å²) in [6.07, 6.45) is -1.76. The van der Waals surface area contributed by atoms with Gasteiger partial charge < -0.3 is 9.32 Å². The van der Waals surface area contributed by atoms with E-state index in [9.17, 15) is 22.8 Å². The standard InChI is InChI=1S/C27H22F3NO3/c28-27(29,30)22-5-3-17(4-6-22)20-7-10-31(16-20)11-8-24(32)19-2-1-18-14-23-25(33)9-12-34-26(23)15-21(18)13-19/h1-6,9,12-15,20H,7-8,10-11,16H2. The highest BCUT2D eigenvalue weighted by Gasteiger charge is 2.31. The first kappa shape index (κ1) is 22.3. The molecule has 1 aromatic heterocycles. The van der Waals surface area contributed by atoms with Gasteiger partial charge >= 0.3 is 6.18 Å². The van der Waals surface area contributed by atoms with Crippen LogP contribution in [-0.4, -0.2) is 30.3 Å². The number of Topliss-reactive ketones (excluding diaryl/α,β-unsaturated/α-hetero) is 1. The van der Waals surface area contributed by atoms with Gasteiger partial charge in [0.15, 0.2) is 11.2 Å². The van der Waals surface area contributed by atoms with Gasteiger partial charge in [-0.2, -0.15) is 13.2 Å². The second-order valence-electron chi connectivity index (χ2n) is 8.77. The number of benzene rings is 3. The number of nitrogens with zero attached hydrogens (tertiary/aromatic N) is 1. The minimum Gasteiger partial charge on any atom is -0.464 e. The fourth-order valence-corrected chi connectivity index (χ4v) is 4.66. The lowest BCUT2D eigenvalue weighted by Gasteiger charge is -2.16. The lowest BCUT2D eigenvalue weighted by molar-refractivity contribution is -0.137. The quantitative estimate of drug-likeness (QED) is 0.267. The molecular formula is C27H22F3NO3. The van der Waals surface area contributed by atoms with E-state index in [1.165, 1.54) is 12.3 Å². The summed E-state index contributed by atoms with van der Waals surface area (Å²) in [5.41, 5.74) is 1.24. The molecule has 2 heterocycles. The van der Waals surface area contributed by atoms with E-state index < -0.39 is 11.7 Å². The lowest BCUT2D eigenvalue weighted by atomic mass is 9.97. The van der Waals surface area contributed by atoms with Crippen molar-refractivity contribution in [1.82, 2.24) is 4.90 Å². The van der Waals surface area contributed by atoms with Crippen molar-refractivity contribution in [3.8, 4) is 0 Å². The maximum Gasteiger partial charge on any atom is 0.416 e. The average molecular weight is 465 g/mol. The van der Waals surface area contributed by atoms with E-state index in [2.05, 4.69) is 4.90 Å². The van der Waals surface area contributed by atoms with Crippen molar-refractivity contribution in [2.45, 2.75) is 24.9 Å². The Morgan fingerprint density at radius 3 is 2.56 bits per heavy atom. The summed E-state index contributed by atoms with van der Waals surface area (Å²) in [5.74, 6) is 0.190. The van der Waals surface area contributed by atoms with Crippen molar-refractivity contribution < 1.29 is 22.4 Å². The van der Waals surface area contributed by atoms with Crippen LogP contribution in [0, 0.1) is 0 Å². The van der Waals surface area contributed by atoms with Crippen molar-refractivity contribution in [3.63, 3.8) is 0 Å². The third-order valence-corrected chi connectivity index (χ3v) is 6.58. The van der Waals surface area contributed by atoms with E-state index in [0.29, 0.717) is 29.5 Å². The molecule has 1 atom stereocenters. The minimum absolute atomic E-state index is 0.0227. The van der Waals surface area contributed by atoms with Crippen LogP contribution < -0.4 is 5.43 Å². The maximum absolute atomic E-state index is 12.8. The normalized spacial score (nSPS) is 17.0. The minimum atomic E-state index is -4.33. The number of hydrogen-bond donors (Lipinski definition) is 0. The van der Waals surface area contributed by atoms with E-state index in [-0.39, 0.29) is 17.1 Å². The van der Waals surface area contributed by atoms with Crippen LogP contribution >= 0.6 is 0 Å². The molecular weight excluding hydrogens is 443 g/mol. The predicted molar refractivity (Wildman–Crippen MR) is 124 cm³/mol. The number of carbonyl (C=O) groups is 1. The van der Waals surface area contributed by atoms with E-state index in [4.69, 9.17) is 4.42 Å². The monoisotopic (exact) mass is 465 g/mol. The second kappa shape index (κ2) is 8.72. The van der Waals surface area contributed by atoms with Crippen LogP contribution in [0.5, 0.6) is 0 Å². The summed E-state index contributed by atoms with van der Waals surface area (Å²) < 4.78 is 43.8.